The molecule has 0 N–H and O–H groups in total. The summed E-state index contributed by atoms with van der Waals surface area (Å²) in [6.07, 6.45) is 0. The lowest BCUT2D eigenvalue weighted by molar-refractivity contribution is 0.938. The van der Waals surface area contributed by atoms with Gasteiger partial charge < -0.3 is 0 Å². The van der Waals surface area contributed by atoms with Crippen molar-refractivity contribution in [2.45, 2.75) is 0 Å². The second-order valence-corrected chi connectivity index (χ2v) is 11.1. The number of benzene rings is 5. The Labute approximate surface area is 255 Å². The van der Waals surface area contributed by atoms with E-state index in [4.69, 9.17) is 24.9 Å². The predicted molar refractivity (Wildman–Crippen MR) is 178 cm³/mol. The highest BCUT2D eigenvalue weighted by Gasteiger charge is 2.25. The van der Waals surface area contributed by atoms with Crippen molar-refractivity contribution in [3.63, 3.8) is 0 Å². The number of nitrogens with zero attached hydrogens (tertiary/aromatic N) is 8. The molecular formula is C37H22N8. The van der Waals surface area contributed by atoms with Crippen molar-refractivity contribution in [2.75, 3.05) is 0 Å². The molecule has 0 radical (unpaired) electrons. The minimum absolute atomic E-state index is 0.525. The standard InChI is InChI=1S/C37H22N8/c1-3-13-23(14-4-1)32-40-33(24-15-5-2-6-16-24)42-37(41-32)45-28-20-10-7-17-25(28)31-36(45)44-30-22-12-9-19-27(30)39-35(44)34-38-26-18-8-11-21-29(26)43(31)34/h1-22H. The molecule has 10 aromatic rings. The maximum absolute atomic E-state index is 5.16. The third-order valence-corrected chi connectivity index (χ3v) is 8.47. The predicted octanol–water partition coefficient (Wildman–Crippen LogP) is 7.90. The van der Waals surface area contributed by atoms with E-state index in [0.29, 0.717) is 17.6 Å². The number of hydrogen-bond acceptors (Lipinski definition) is 5. The highest BCUT2D eigenvalue weighted by molar-refractivity contribution is 6.11. The van der Waals surface area contributed by atoms with Crippen LogP contribution in [0.4, 0.5) is 0 Å². The Morgan fingerprint density at radius 1 is 0.400 bits per heavy atom. The number of imidazole rings is 2. The molecule has 10 rings (SSSR count). The molecule has 45 heavy (non-hydrogen) atoms. The SMILES string of the molecule is c1ccc(-c2nc(-c3ccccc3)nc(-n3c4ccccc4c4c3n3c5ccccc5nc3c3nc5ccccc5n34)n2)cc1. The lowest BCUT2D eigenvalue weighted by Gasteiger charge is -2.12. The highest BCUT2D eigenvalue weighted by atomic mass is 15.3. The van der Waals surface area contributed by atoms with E-state index in [-0.39, 0.29) is 0 Å². The maximum Gasteiger partial charge on any atom is 0.240 e. The third kappa shape index (κ3) is 3.39. The van der Waals surface area contributed by atoms with Crippen molar-refractivity contribution in [1.82, 2.24) is 38.3 Å². The molecule has 0 saturated carbocycles. The monoisotopic (exact) mass is 578 g/mol. The van der Waals surface area contributed by atoms with Crippen molar-refractivity contribution >= 4 is 55.4 Å². The molecule has 8 heteroatoms. The molecule has 0 spiro atoms. The molecular weight excluding hydrogens is 556 g/mol. The van der Waals surface area contributed by atoms with Crippen molar-refractivity contribution in [3.8, 4) is 28.7 Å². The second-order valence-electron chi connectivity index (χ2n) is 11.1. The van der Waals surface area contributed by atoms with Gasteiger partial charge in [0.25, 0.3) is 0 Å². The first kappa shape index (κ1) is 24.1. The summed E-state index contributed by atoms with van der Waals surface area (Å²) < 4.78 is 6.60. The summed E-state index contributed by atoms with van der Waals surface area (Å²) in [4.78, 5) is 25.5. The number of rotatable bonds is 3. The fraction of sp³-hybridized carbons (Fsp3) is 0. The van der Waals surface area contributed by atoms with Gasteiger partial charge in [0.1, 0.15) is 0 Å². The van der Waals surface area contributed by atoms with Crippen LogP contribution in [-0.2, 0) is 0 Å². The van der Waals surface area contributed by atoms with E-state index in [2.05, 4.69) is 61.9 Å². The molecule has 0 fully saturated rings. The van der Waals surface area contributed by atoms with Crippen LogP contribution >= 0.6 is 0 Å². The van der Waals surface area contributed by atoms with Gasteiger partial charge in [-0.2, -0.15) is 9.97 Å². The van der Waals surface area contributed by atoms with Gasteiger partial charge in [0, 0.05) is 16.5 Å². The molecule has 0 unspecified atom stereocenters. The van der Waals surface area contributed by atoms with Crippen molar-refractivity contribution in [1.29, 1.82) is 0 Å². The lowest BCUT2D eigenvalue weighted by atomic mass is 10.2. The van der Waals surface area contributed by atoms with Crippen LogP contribution < -0.4 is 0 Å². The maximum atomic E-state index is 5.16. The first-order chi connectivity index (χ1) is 22.3. The summed E-state index contributed by atoms with van der Waals surface area (Å²) >= 11 is 0. The Morgan fingerprint density at radius 3 is 1.51 bits per heavy atom. The van der Waals surface area contributed by atoms with Gasteiger partial charge in [-0.05, 0) is 30.3 Å². The van der Waals surface area contributed by atoms with Crippen LogP contribution in [0.2, 0.25) is 0 Å². The molecule has 8 nitrogen and oxygen atoms in total. The summed E-state index contributed by atoms with van der Waals surface area (Å²) in [5, 5.41) is 1.06. The Balaban J connectivity index is 1.46. The van der Waals surface area contributed by atoms with E-state index in [1.165, 1.54) is 0 Å². The lowest BCUT2D eigenvalue weighted by Crippen LogP contribution is -2.08. The van der Waals surface area contributed by atoms with Crippen LogP contribution in [0, 0.1) is 0 Å². The average molecular weight is 579 g/mol. The van der Waals surface area contributed by atoms with Crippen LogP contribution in [0.15, 0.2) is 133 Å². The van der Waals surface area contributed by atoms with Gasteiger partial charge >= 0.3 is 0 Å². The van der Waals surface area contributed by atoms with E-state index in [1.54, 1.807) is 0 Å². The van der Waals surface area contributed by atoms with Crippen LogP contribution in [0.25, 0.3) is 84.2 Å². The first-order valence-electron chi connectivity index (χ1n) is 14.8. The molecule has 0 atom stereocenters. The summed E-state index contributed by atoms with van der Waals surface area (Å²) in [6, 6.07) is 45.0. The number of fused-ring (bicyclic) bond motifs is 12. The Morgan fingerprint density at radius 2 is 0.889 bits per heavy atom. The summed E-state index contributed by atoms with van der Waals surface area (Å²) in [5.41, 5.74) is 10.1. The van der Waals surface area contributed by atoms with E-state index < -0.39 is 0 Å². The van der Waals surface area contributed by atoms with Gasteiger partial charge in [0.2, 0.25) is 5.95 Å². The van der Waals surface area contributed by atoms with Crippen molar-refractivity contribution in [3.05, 3.63) is 133 Å². The summed E-state index contributed by atoms with van der Waals surface area (Å²) in [6.45, 7) is 0. The molecule has 0 aliphatic heterocycles. The number of aromatic nitrogens is 8. The van der Waals surface area contributed by atoms with E-state index in [1.807, 2.05) is 84.9 Å². The van der Waals surface area contributed by atoms with Crippen LogP contribution in [0.5, 0.6) is 0 Å². The summed E-state index contributed by atoms with van der Waals surface area (Å²) in [5.74, 6) is 1.73. The molecule has 5 aromatic carbocycles. The van der Waals surface area contributed by atoms with Crippen LogP contribution in [-0.4, -0.2) is 38.3 Å². The topological polar surface area (TPSA) is 78.2 Å². The third-order valence-electron chi connectivity index (χ3n) is 8.47. The zero-order valence-corrected chi connectivity index (χ0v) is 23.8. The number of para-hydroxylation sites is 5. The Kier molecular flexibility index (Phi) is 4.84. The molecule has 0 bridgehead atoms. The fourth-order valence-electron chi connectivity index (χ4n) is 6.53. The van der Waals surface area contributed by atoms with Gasteiger partial charge in [0.15, 0.2) is 28.6 Å². The van der Waals surface area contributed by atoms with E-state index >= 15 is 0 Å². The van der Waals surface area contributed by atoms with E-state index in [0.717, 1.165) is 66.6 Å². The minimum Gasteiger partial charge on any atom is -0.285 e. The zero-order chi connectivity index (χ0) is 29.5. The highest BCUT2D eigenvalue weighted by Crippen LogP contribution is 2.37. The van der Waals surface area contributed by atoms with Gasteiger partial charge in [-0.15, -0.1) is 0 Å². The molecule has 0 amide bonds. The Hall–Kier alpha value is -6.41. The normalized spacial score (nSPS) is 12.0. The first-order valence-corrected chi connectivity index (χ1v) is 14.8. The molecule has 0 aliphatic carbocycles. The van der Waals surface area contributed by atoms with Crippen LogP contribution in [0.1, 0.15) is 0 Å². The Bertz CT molecular complexity index is 2700. The zero-order valence-electron chi connectivity index (χ0n) is 23.8. The van der Waals surface area contributed by atoms with E-state index in [9.17, 15) is 0 Å². The van der Waals surface area contributed by atoms with Gasteiger partial charge in [-0.3, -0.25) is 13.4 Å². The molecule has 0 aliphatic rings. The molecule has 5 heterocycles. The minimum atomic E-state index is 0.525. The molecule has 5 aromatic heterocycles. The molecule has 210 valence electrons. The van der Waals surface area contributed by atoms with Crippen LogP contribution in [0.3, 0.4) is 0 Å². The molecule has 0 saturated heterocycles. The fourth-order valence-corrected chi connectivity index (χ4v) is 6.53. The summed E-state index contributed by atoms with van der Waals surface area (Å²) in [7, 11) is 0. The largest absolute Gasteiger partial charge is 0.285 e. The smallest absolute Gasteiger partial charge is 0.240 e. The van der Waals surface area contributed by atoms with Gasteiger partial charge in [-0.25, -0.2) is 15.0 Å². The number of hydrogen-bond donors (Lipinski definition) is 0. The van der Waals surface area contributed by atoms with Gasteiger partial charge in [-0.1, -0.05) is 103 Å². The average Bonchev–Trinajstić information content (AvgIpc) is 3.79. The van der Waals surface area contributed by atoms with Gasteiger partial charge in [0.05, 0.1) is 33.1 Å². The quantitative estimate of drug-likeness (QED) is 0.213. The van der Waals surface area contributed by atoms with Crippen molar-refractivity contribution in [2.24, 2.45) is 0 Å². The second kappa shape index (κ2) is 9.05. The van der Waals surface area contributed by atoms with Crippen molar-refractivity contribution < 1.29 is 0 Å².